The molecule has 1 N–H and O–H groups in total. The first-order valence-corrected chi connectivity index (χ1v) is 10.2. The number of hydrogen-bond acceptors (Lipinski definition) is 4. The van der Waals surface area contributed by atoms with Crippen molar-refractivity contribution in [3.63, 3.8) is 0 Å². The molecule has 6 heteroatoms. The lowest BCUT2D eigenvalue weighted by atomic mass is 9.71. The number of nitrogens with zero attached hydrogens (tertiary/aromatic N) is 2. The van der Waals surface area contributed by atoms with Crippen molar-refractivity contribution in [2.45, 2.75) is 44.1 Å². The fourth-order valence-electron chi connectivity index (χ4n) is 4.98. The molecule has 2 aromatic rings. The van der Waals surface area contributed by atoms with E-state index in [1.807, 2.05) is 48.2 Å². The van der Waals surface area contributed by atoms with Gasteiger partial charge in [0.1, 0.15) is 5.82 Å². The van der Waals surface area contributed by atoms with E-state index < -0.39 is 11.5 Å². The van der Waals surface area contributed by atoms with E-state index in [4.69, 9.17) is 4.74 Å². The van der Waals surface area contributed by atoms with E-state index in [0.29, 0.717) is 24.5 Å². The third-order valence-electron chi connectivity index (χ3n) is 6.32. The first-order chi connectivity index (χ1) is 14.1. The Balaban J connectivity index is 1.80. The van der Waals surface area contributed by atoms with Crippen molar-refractivity contribution in [2.75, 3.05) is 25.6 Å². The fraction of sp³-hybridized carbons (Fsp3) is 0.435. The number of methoxy groups -OCH3 is 1. The van der Waals surface area contributed by atoms with Crippen molar-refractivity contribution in [1.82, 2.24) is 9.88 Å². The molecule has 29 heavy (non-hydrogen) atoms. The fourth-order valence-corrected chi connectivity index (χ4v) is 4.98. The number of nitrogens with one attached hydrogen (secondary N) is 1. The highest BCUT2D eigenvalue weighted by atomic mass is 16.5. The standard InChI is InChI=1S/C23H27N3O3/c1-16-8-7-13-24-20(16)25-21(27)19-17-9-3-4-10-18(17)22(28)26(14-15-29-2)23(19)11-5-6-12-23/h3-4,7-10,13,19H,5-6,11-12,14-15H2,1-2H3,(H,24,25,27)/t19-/m0/s1. The minimum absolute atomic E-state index is 0.00221. The molecule has 0 unspecified atom stereocenters. The maximum atomic E-state index is 13.6. The number of carbonyl (C=O) groups is 2. The molecule has 4 rings (SSSR count). The topological polar surface area (TPSA) is 71.5 Å². The molecule has 1 fully saturated rings. The van der Waals surface area contributed by atoms with Crippen LogP contribution in [0.15, 0.2) is 42.6 Å². The average molecular weight is 393 g/mol. The number of benzene rings is 1. The van der Waals surface area contributed by atoms with Gasteiger partial charge in [-0.1, -0.05) is 37.1 Å². The van der Waals surface area contributed by atoms with Gasteiger partial charge in [0, 0.05) is 25.4 Å². The normalized spacial score (nSPS) is 20.0. The molecule has 1 aliphatic carbocycles. The molecular formula is C23H27N3O3. The van der Waals surface area contributed by atoms with E-state index in [1.54, 1.807) is 13.3 Å². The molecule has 2 aliphatic rings. The first-order valence-electron chi connectivity index (χ1n) is 10.2. The molecule has 0 bridgehead atoms. The van der Waals surface area contributed by atoms with Gasteiger partial charge in [0.2, 0.25) is 5.91 Å². The number of aryl methyl sites for hydroxylation is 1. The lowest BCUT2D eigenvalue weighted by molar-refractivity contribution is -0.121. The van der Waals surface area contributed by atoms with Crippen LogP contribution in [0.1, 0.15) is 53.1 Å². The number of ether oxygens (including phenoxy) is 1. The summed E-state index contributed by atoms with van der Waals surface area (Å²) in [7, 11) is 1.64. The minimum Gasteiger partial charge on any atom is -0.383 e. The number of amides is 2. The molecule has 152 valence electrons. The van der Waals surface area contributed by atoms with Gasteiger partial charge in [-0.05, 0) is 43.0 Å². The molecule has 1 aromatic carbocycles. The van der Waals surface area contributed by atoms with E-state index in [0.717, 1.165) is 36.8 Å². The summed E-state index contributed by atoms with van der Waals surface area (Å²) in [6.45, 7) is 2.86. The quantitative estimate of drug-likeness (QED) is 0.844. The van der Waals surface area contributed by atoms with Crippen LogP contribution in [0.5, 0.6) is 0 Å². The predicted molar refractivity (Wildman–Crippen MR) is 111 cm³/mol. The van der Waals surface area contributed by atoms with Gasteiger partial charge in [-0.15, -0.1) is 0 Å². The van der Waals surface area contributed by atoms with Crippen LogP contribution in [-0.2, 0) is 9.53 Å². The lowest BCUT2D eigenvalue weighted by Crippen LogP contribution is -2.60. The number of hydrogen-bond donors (Lipinski definition) is 1. The minimum atomic E-state index is -0.517. The molecular weight excluding hydrogens is 366 g/mol. The highest BCUT2D eigenvalue weighted by molar-refractivity contribution is 6.05. The van der Waals surface area contributed by atoms with Gasteiger partial charge in [0.15, 0.2) is 0 Å². The second-order valence-corrected chi connectivity index (χ2v) is 7.94. The first kappa shape index (κ1) is 19.6. The summed E-state index contributed by atoms with van der Waals surface area (Å²) >= 11 is 0. The number of anilines is 1. The Morgan fingerprint density at radius 1 is 1.24 bits per heavy atom. The number of rotatable bonds is 5. The van der Waals surface area contributed by atoms with Crippen LogP contribution in [0.25, 0.3) is 0 Å². The molecule has 6 nitrogen and oxygen atoms in total. The van der Waals surface area contributed by atoms with Crippen molar-refractivity contribution in [3.8, 4) is 0 Å². The van der Waals surface area contributed by atoms with Gasteiger partial charge in [-0.2, -0.15) is 0 Å². The lowest BCUT2D eigenvalue weighted by Gasteiger charge is -2.50. The van der Waals surface area contributed by atoms with Crippen molar-refractivity contribution < 1.29 is 14.3 Å². The second-order valence-electron chi connectivity index (χ2n) is 7.94. The summed E-state index contributed by atoms with van der Waals surface area (Å²) in [5, 5.41) is 3.04. The Kier molecular flexibility index (Phi) is 5.37. The molecule has 1 saturated carbocycles. The molecule has 2 heterocycles. The van der Waals surface area contributed by atoms with Gasteiger partial charge < -0.3 is 15.0 Å². The maximum Gasteiger partial charge on any atom is 0.254 e. The zero-order valence-corrected chi connectivity index (χ0v) is 17.0. The Morgan fingerprint density at radius 2 is 2.00 bits per heavy atom. The van der Waals surface area contributed by atoms with Crippen molar-refractivity contribution in [1.29, 1.82) is 0 Å². The van der Waals surface area contributed by atoms with E-state index in [-0.39, 0.29) is 11.8 Å². The van der Waals surface area contributed by atoms with E-state index in [9.17, 15) is 9.59 Å². The Bertz CT molecular complexity index is 921. The molecule has 1 atom stereocenters. The summed E-state index contributed by atoms with van der Waals surface area (Å²) in [6, 6.07) is 11.3. The number of aromatic nitrogens is 1. The molecule has 2 amide bonds. The summed E-state index contributed by atoms with van der Waals surface area (Å²) in [5.74, 6) is 0.0364. The maximum absolute atomic E-state index is 13.6. The van der Waals surface area contributed by atoms with E-state index >= 15 is 0 Å². The average Bonchev–Trinajstić information content (AvgIpc) is 3.19. The molecule has 0 saturated heterocycles. The van der Waals surface area contributed by atoms with Gasteiger partial charge in [0.25, 0.3) is 5.91 Å². The summed E-state index contributed by atoms with van der Waals surface area (Å²) in [6.07, 6.45) is 5.32. The third-order valence-corrected chi connectivity index (χ3v) is 6.32. The number of fused-ring (bicyclic) bond motifs is 1. The van der Waals surface area contributed by atoms with Crippen LogP contribution < -0.4 is 5.32 Å². The zero-order valence-electron chi connectivity index (χ0n) is 17.0. The van der Waals surface area contributed by atoms with Crippen LogP contribution in [0.3, 0.4) is 0 Å². The summed E-state index contributed by atoms with van der Waals surface area (Å²) in [5.41, 5.74) is 1.83. The predicted octanol–water partition coefficient (Wildman–Crippen LogP) is 3.53. The Morgan fingerprint density at radius 3 is 2.72 bits per heavy atom. The molecule has 0 radical (unpaired) electrons. The third kappa shape index (κ3) is 3.31. The van der Waals surface area contributed by atoms with Crippen LogP contribution in [0.4, 0.5) is 5.82 Å². The largest absolute Gasteiger partial charge is 0.383 e. The van der Waals surface area contributed by atoms with Gasteiger partial charge in [-0.3, -0.25) is 9.59 Å². The van der Waals surface area contributed by atoms with Crippen LogP contribution in [-0.4, -0.2) is 47.5 Å². The monoisotopic (exact) mass is 393 g/mol. The SMILES string of the molecule is COCCN1C(=O)c2ccccc2[C@@H](C(=O)Nc2ncccc2C)C12CCCC2. The van der Waals surface area contributed by atoms with Crippen LogP contribution in [0.2, 0.25) is 0 Å². The summed E-state index contributed by atoms with van der Waals surface area (Å²) in [4.78, 5) is 33.3. The van der Waals surface area contributed by atoms with Gasteiger partial charge in [0.05, 0.1) is 18.1 Å². The highest BCUT2D eigenvalue weighted by Gasteiger charge is 2.55. The molecule has 1 aromatic heterocycles. The van der Waals surface area contributed by atoms with Gasteiger partial charge in [-0.25, -0.2) is 4.98 Å². The van der Waals surface area contributed by atoms with Crippen LogP contribution in [0, 0.1) is 6.92 Å². The zero-order chi connectivity index (χ0) is 20.4. The van der Waals surface area contributed by atoms with Crippen molar-refractivity contribution in [2.24, 2.45) is 0 Å². The second kappa shape index (κ2) is 7.95. The highest BCUT2D eigenvalue weighted by Crippen LogP contribution is 2.50. The van der Waals surface area contributed by atoms with E-state index in [2.05, 4.69) is 10.3 Å². The molecule has 1 spiro atoms. The van der Waals surface area contributed by atoms with Crippen molar-refractivity contribution in [3.05, 3.63) is 59.3 Å². The molecule has 1 aliphatic heterocycles. The van der Waals surface area contributed by atoms with Gasteiger partial charge >= 0.3 is 0 Å². The smallest absolute Gasteiger partial charge is 0.254 e. The Labute approximate surface area is 171 Å². The Hall–Kier alpha value is -2.73. The number of carbonyl (C=O) groups excluding carboxylic acids is 2. The van der Waals surface area contributed by atoms with Crippen LogP contribution >= 0.6 is 0 Å². The van der Waals surface area contributed by atoms with E-state index in [1.165, 1.54) is 0 Å². The summed E-state index contributed by atoms with van der Waals surface area (Å²) < 4.78 is 5.29. The number of pyridine rings is 1. The van der Waals surface area contributed by atoms with Crippen molar-refractivity contribution >= 4 is 17.6 Å².